The number of hydrogen-bond acceptors (Lipinski definition) is 2. The van der Waals surface area contributed by atoms with Crippen LogP contribution in [0.5, 0.6) is 0 Å². The number of Topliss-reactive ketones (excluding diaryl/α,β-unsaturated/α-hetero) is 1. The lowest BCUT2D eigenvalue weighted by atomic mass is 10.1. The maximum Gasteiger partial charge on any atom is 0.133 e. The van der Waals surface area contributed by atoms with E-state index in [2.05, 4.69) is 16.8 Å². The Bertz CT molecular complexity index is 263. The van der Waals surface area contributed by atoms with Crippen molar-refractivity contribution < 1.29 is 4.79 Å². The SMILES string of the molecule is CC(=O)[C@H]1C[C@@H]1c1ccsc1. The number of ketones is 1. The molecule has 1 aromatic rings. The van der Waals surface area contributed by atoms with Crippen molar-refractivity contribution in [3.63, 3.8) is 0 Å². The summed E-state index contributed by atoms with van der Waals surface area (Å²) < 4.78 is 0. The molecule has 2 atom stereocenters. The molecule has 0 N–H and O–H groups in total. The van der Waals surface area contributed by atoms with Gasteiger partial charge in [0.15, 0.2) is 0 Å². The Labute approximate surface area is 70.1 Å². The van der Waals surface area contributed by atoms with Gasteiger partial charge in [-0.3, -0.25) is 4.79 Å². The highest BCUT2D eigenvalue weighted by Crippen LogP contribution is 2.48. The van der Waals surface area contributed by atoms with E-state index in [-0.39, 0.29) is 0 Å². The molecular formula is C9H10OS. The predicted molar refractivity (Wildman–Crippen MR) is 45.8 cm³/mol. The summed E-state index contributed by atoms with van der Waals surface area (Å²) in [6, 6.07) is 2.12. The van der Waals surface area contributed by atoms with E-state index in [4.69, 9.17) is 0 Å². The third-order valence-corrected chi connectivity index (χ3v) is 2.99. The number of carbonyl (C=O) groups excluding carboxylic acids is 1. The van der Waals surface area contributed by atoms with Crippen LogP contribution in [0, 0.1) is 5.92 Å². The van der Waals surface area contributed by atoms with Crippen LogP contribution in [0.4, 0.5) is 0 Å². The fourth-order valence-corrected chi connectivity index (χ4v) is 2.22. The maximum absolute atomic E-state index is 10.9. The average molecular weight is 166 g/mol. The van der Waals surface area contributed by atoms with Gasteiger partial charge in [0.1, 0.15) is 5.78 Å². The molecule has 1 heterocycles. The fourth-order valence-electron chi connectivity index (χ4n) is 1.50. The second kappa shape index (κ2) is 2.45. The summed E-state index contributed by atoms with van der Waals surface area (Å²) in [5, 5.41) is 4.22. The van der Waals surface area contributed by atoms with Gasteiger partial charge in [-0.05, 0) is 41.7 Å². The van der Waals surface area contributed by atoms with Gasteiger partial charge in [0, 0.05) is 5.92 Å². The van der Waals surface area contributed by atoms with E-state index < -0.39 is 0 Å². The van der Waals surface area contributed by atoms with Gasteiger partial charge in [-0.15, -0.1) is 0 Å². The van der Waals surface area contributed by atoms with Crippen molar-refractivity contribution in [2.45, 2.75) is 19.3 Å². The molecule has 1 aliphatic rings. The first-order valence-electron chi connectivity index (χ1n) is 3.81. The normalized spacial score (nSPS) is 28.5. The van der Waals surface area contributed by atoms with Crippen LogP contribution in [0.1, 0.15) is 24.8 Å². The van der Waals surface area contributed by atoms with Gasteiger partial charge in [-0.2, -0.15) is 11.3 Å². The third kappa shape index (κ3) is 1.23. The van der Waals surface area contributed by atoms with Gasteiger partial charge >= 0.3 is 0 Å². The Balaban J connectivity index is 2.08. The third-order valence-electron chi connectivity index (χ3n) is 2.28. The van der Waals surface area contributed by atoms with E-state index in [0.717, 1.165) is 6.42 Å². The molecule has 58 valence electrons. The van der Waals surface area contributed by atoms with Gasteiger partial charge in [-0.1, -0.05) is 0 Å². The van der Waals surface area contributed by atoms with E-state index in [0.29, 0.717) is 17.6 Å². The highest BCUT2D eigenvalue weighted by molar-refractivity contribution is 7.08. The van der Waals surface area contributed by atoms with Crippen LogP contribution in [-0.2, 0) is 4.79 Å². The average Bonchev–Trinajstić information content (AvgIpc) is 2.60. The van der Waals surface area contributed by atoms with E-state index in [9.17, 15) is 4.79 Å². The van der Waals surface area contributed by atoms with E-state index in [1.54, 1.807) is 18.3 Å². The molecule has 1 nitrogen and oxygen atoms in total. The molecule has 1 aliphatic carbocycles. The van der Waals surface area contributed by atoms with Crippen LogP contribution in [0.2, 0.25) is 0 Å². The van der Waals surface area contributed by atoms with E-state index in [1.165, 1.54) is 5.56 Å². The minimum atomic E-state index is 0.338. The summed E-state index contributed by atoms with van der Waals surface area (Å²) in [7, 11) is 0. The van der Waals surface area contributed by atoms with Gasteiger partial charge in [0.2, 0.25) is 0 Å². The molecule has 0 aromatic carbocycles. The Kier molecular flexibility index (Phi) is 1.57. The Morgan fingerprint density at radius 3 is 3.00 bits per heavy atom. The lowest BCUT2D eigenvalue weighted by Crippen LogP contribution is -1.93. The molecule has 0 bridgehead atoms. The van der Waals surface area contributed by atoms with Gasteiger partial charge in [0.05, 0.1) is 0 Å². The molecule has 2 rings (SSSR count). The molecule has 0 saturated heterocycles. The van der Waals surface area contributed by atoms with Gasteiger partial charge in [0.25, 0.3) is 0 Å². The van der Waals surface area contributed by atoms with Crippen molar-refractivity contribution in [2.24, 2.45) is 5.92 Å². The quantitative estimate of drug-likeness (QED) is 0.659. The Morgan fingerprint density at radius 1 is 1.73 bits per heavy atom. The lowest BCUT2D eigenvalue weighted by Gasteiger charge is -1.90. The van der Waals surface area contributed by atoms with Crippen LogP contribution < -0.4 is 0 Å². The molecular weight excluding hydrogens is 156 g/mol. The molecule has 0 spiro atoms. The molecule has 1 aromatic heterocycles. The summed E-state index contributed by atoms with van der Waals surface area (Å²) >= 11 is 1.71. The largest absolute Gasteiger partial charge is 0.300 e. The molecule has 0 unspecified atom stereocenters. The fraction of sp³-hybridized carbons (Fsp3) is 0.444. The highest BCUT2D eigenvalue weighted by Gasteiger charge is 2.41. The number of carbonyl (C=O) groups is 1. The first-order valence-corrected chi connectivity index (χ1v) is 4.76. The van der Waals surface area contributed by atoms with Crippen molar-refractivity contribution in [1.29, 1.82) is 0 Å². The Morgan fingerprint density at radius 2 is 2.55 bits per heavy atom. The van der Waals surface area contributed by atoms with Crippen LogP contribution in [0.25, 0.3) is 0 Å². The topological polar surface area (TPSA) is 17.1 Å². The van der Waals surface area contributed by atoms with Crippen molar-refractivity contribution in [1.82, 2.24) is 0 Å². The molecule has 11 heavy (non-hydrogen) atoms. The van der Waals surface area contributed by atoms with Crippen LogP contribution in [-0.4, -0.2) is 5.78 Å². The first-order chi connectivity index (χ1) is 5.29. The maximum atomic E-state index is 10.9. The zero-order chi connectivity index (χ0) is 7.84. The van der Waals surface area contributed by atoms with Crippen LogP contribution in [0.3, 0.4) is 0 Å². The van der Waals surface area contributed by atoms with Crippen molar-refractivity contribution in [2.75, 3.05) is 0 Å². The van der Waals surface area contributed by atoms with Crippen molar-refractivity contribution in [3.05, 3.63) is 22.4 Å². The highest BCUT2D eigenvalue weighted by atomic mass is 32.1. The number of thiophene rings is 1. The second-order valence-electron chi connectivity index (χ2n) is 3.12. The van der Waals surface area contributed by atoms with Gasteiger partial charge < -0.3 is 0 Å². The number of rotatable bonds is 2. The zero-order valence-electron chi connectivity index (χ0n) is 6.41. The number of hydrogen-bond donors (Lipinski definition) is 0. The minimum absolute atomic E-state index is 0.338. The molecule has 0 aliphatic heterocycles. The Hall–Kier alpha value is -0.630. The molecule has 1 saturated carbocycles. The summed E-state index contributed by atoms with van der Waals surface area (Å²) in [4.78, 5) is 10.9. The summed E-state index contributed by atoms with van der Waals surface area (Å²) in [6.45, 7) is 1.69. The van der Waals surface area contributed by atoms with Gasteiger partial charge in [-0.25, -0.2) is 0 Å². The molecule has 1 fully saturated rings. The van der Waals surface area contributed by atoms with E-state index >= 15 is 0 Å². The summed E-state index contributed by atoms with van der Waals surface area (Å²) in [5.41, 5.74) is 1.36. The minimum Gasteiger partial charge on any atom is -0.300 e. The van der Waals surface area contributed by atoms with Crippen LogP contribution in [0.15, 0.2) is 16.8 Å². The van der Waals surface area contributed by atoms with Crippen molar-refractivity contribution >= 4 is 17.1 Å². The van der Waals surface area contributed by atoms with E-state index in [1.807, 2.05) is 0 Å². The van der Waals surface area contributed by atoms with Crippen molar-refractivity contribution in [3.8, 4) is 0 Å². The first kappa shape index (κ1) is 7.04. The summed E-state index contributed by atoms with van der Waals surface area (Å²) in [6.07, 6.45) is 1.08. The standard InChI is InChI=1S/C9H10OS/c1-6(10)8-4-9(8)7-2-3-11-5-7/h2-3,5,8-9H,4H2,1H3/t8-,9-/m1/s1. The van der Waals surface area contributed by atoms with Crippen LogP contribution >= 0.6 is 11.3 Å². The molecule has 0 amide bonds. The smallest absolute Gasteiger partial charge is 0.133 e. The monoisotopic (exact) mass is 166 g/mol. The second-order valence-corrected chi connectivity index (χ2v) is 3.90. The zero-order valence-corrected chi connectivity index (χ0v) is 7.23. The summed E-state index contributed by atoms with van der Waals surface area (Å²) in [5.74, 6) is 1.24. The molecule has 0 radical (unpaired) electrons. The molecule has 2 heteroatoms. The predicted octanol–water partition coefficient (Wildman–Crippen LogP) is 2.44. The lowest BCUT2D eigenvalue weighted by molar-refractivity contribution is -0.118.